The topological polar surface area (TPSA) is 141 Å². The van der Waals surface area contributed by atoms with Crippen molar-refractivity contribution >= 4 is 11.7 Å². The van der Waals surface area contributed by atoms with Gasteiger partial charge in [0.05, 0.1) is 36.0 Å². The lowest BCUT2D eigenvalue weighted by atomic mass is 9.95. The Morgan fingerprint density at radius 1 is 1.11 bits per heavy atom. The van der Waals surface area contributed by atoms with Crippen LogP contribution in [0.1, 0.15) is 56.4 Å². The number of amides is 1. The average Bonchev–Trinajstić information content (AvgIpc) is 3.82. The SMILES string of the molecule is COCCN(Cc1ccc2ncc(-c3cc(-c4ccc(C#N)cc4-c4nncn4C)cc(C4CC4)n3)c(=O)n2c1)C(=O)OC(C)(C)C. The van der Waals surface area contributed by atoms with Crippen LogP contribution in [0.4, 0.5) is 4.79 Å². The number of aryl methyl sites for hydroxylation is 1. The van der Waals surface area contributed by atoms with Crippen LogP contribution >= 0.6 is 0 Å². The van der Waals surface area contributed by atoms with Crippen molar-refractivity contribution < 1.29 is 14.3 Å². The van der Waals surface area contributed by atoms with Crippen molar-refractivity contribution in [2.24, 2.45) is 7.05 Å². The number of benzene rings is 1. The fourth-order valence-corrected chi connectivity index (χ4v) is 5.38. The zero-order valence-corrected chi connectivity index (χ0v) is 27.1. The van der Waals surface area contributed by atoms with E-state index in [9.17, 15) is 14.9 Å². The van der Waals surface area contributed by atoms with Crippen LogP contribution in [0.5, 0.6) is 0 Å². The first-order valence-corrected chi connectivity index (χ1v) is 15.4. The highest BCUT2D eigenvalue weighted by Crippen LogP contribution is 2.42. The Labute approximate surface area is 272 Å². The predicted molar refractivity (Wildman–Crippen MR) is 175 cm³/mol. The predicted octanol–water partition coefficient (Wildman–Crippen LogP) is 5.35. The highest BCUT2D eigenvalue weighted by Gasteiger charge is 2.27. The summed E-state index contributed by atoms with van der Waals surface area (Å²) in [5.41, 5.74) is 4.97. The quantitative estimate of drug-likeness (QED) is 0.210. The van der Waals surface area contributed by atoms with Crippen molar-refractivity contribution in [3.8, 4) is 39.8 Å². The molecule has 0 radical (unpaired) electrons. The molecule has 5 aromatic rings. The Balaban J connectivity index is 1.42. The maximum Gasteiger partial charge on any atom is 0.410 e. The van der Waals surface area contributed by atoms with E-state index in [0.717, 1.165) is 40.8 Å². The molecule has 47 heavy (non-hydrogen) atoms. The molecule has 0 N–H and O–H groups in total. The molecule has 0 spiro atoms. The van der Waals surface area contributed by atoms with Crippen LogP contribution in [0.2, 0.25) is 0 Å². The first-order valence-electron chi connectivity index (χ1n) is 15.4. The van der Waals surface area contributed by atoms with E-state index in [1.807, 2.05) is 46.0 Å². The number of aromatic nitrogens is 6. The summed E-state index contributed by atoms with van der Waals surface area (Å²) >= 11 is 0. The minimum Gasteiger partial charge on any atom is -0.444 e. The van der Waals surface area contributed by atoms with Gasteiger partial charge >= 0.3 is 6.09 Å². The monoisotopic (exact) mass is 632 g/mol. The van der Waals surface area contributed by atoms with E-state index in [4.69, 9.17) is 14.5 Å². The van der Waals surface area contributed by atoms with Crippen LogP contribution in [-0.4, -0.2) is 66.0 Å². The van der Waals surface area contributed by atoms with E-state index in [-0.39, 0.29) is 12.1 Å². The first kappa shape index (κ1) is 31.6. The second-order valence-corrected chi connectivity index (χ2v) is 12.7. The minimum atomic E-state index is -0.658. The summed E-state index contributed by atoms with van der Waals surface area (Å²) in [6.45, 7) is 6.33. The van der Waals surface area contributed by atoms with Gasteiger partial charge in [-0.2, -0.15) is 5.26 Å². The van der Waals surface area contributed by atoms with Gasteiger partial charge in [-0.05, 0) is 80.6 Å². The number of nitriles is 1. The Bertz CT molecular complexity index is 2070. The number of hydrogen-bond donors (Lipinski definition) is 0. The second-order valence-electron chi connectivity index (χ2n) is 12.7. The van der Waals surface area contributed by atoms with E-state index >= 15 is 0 Å². The van der Waals surface area contributed by atoms with Crippen LogP contribution in [0.3, 0.4) is 0 Å². The van der Waals surface area contributed by atoms with Crippen LogP contribution < -0.4 is 5.56 Å². The van der Waals surface area contributed by atoms with E-state index in [0.29, 0.717) is 47.4 Å². The third-order valence-corrected chi connectivity index (χ3v) is 7.88. The molecule has 0 unspecified atom stereocenters. The molecule has 1 aromatic carbocycles. The zero-order valence-electron chi connectivity index (χ0n) is 27.1. The number of hydrogen-bond acceptors (Lipinski definition) is 9. The molecule has 0 atom stereocenters. The van der Waals surface area contributed by atoms with Gasteiger partial charge in [0.25, 0.3) is 5.56 Å². The van der Waals surface area contributed by atoms with Crippen molar-refractivity contribution in [3.05, 3.63) is 88.4 Å². The molecular weight excluding hydrogens is 596 g/mol. The van der Waals surface area contributed by atoms with Crippen LogP contribution in [0.15, 0.2) is 66.0 Å². The Morgan fingerprint density at radius 3 is 2.60 bits per heavy atom. The van der Waals surface area contributed by atoms with Crippen molar-refractivity contribution in [1.82, 2.24) is 34.0 Å². The van der Waals surface area contributed by atoms with Gasteiger partial charge in [0.2, 0.25) is 0 Å². The van der Waals surface area contributed by atoms with Crippen LogP contribution in [0, 0.1) is 11.3 Å². The van der Waals surface area contributed by atoms with E-state index in [1.165, 1.54) is 4.40 Å². The summed E-state index contributed by atoms with van der Waals surface area (Å²) in [4.78, 5) is 38.1. The molecule has 240 valence electrons. The number of pyridine rings is 2. The van der Waals surface area contributed by atoms with E-state index < -0.39 is 11.7 Å². The van der Waals surface area contributed by atoms with Crippen molar-refractivity contribution in [2.75, 3.05) is 20.3 Å². The molecular formula is C35H36N8O4. The summed E-state index contributed by atoms with van der Waals surface area (Å²) in [6, 6.07) is 15.2. The standard InChI is InChI=1S/C35H36N8O4/c1-35(2,3)47-34(45)42(12-13-46-5)19-23-7-11-31-37-18-28(33(44)43(31)20-23)30-16-25(15-29(39-30)24-8-9-24)26-10-6-22(17-36)14-27(26)32-40-38-21-41(32)4/h6-7,10-11,14-16,18,20-21,24H,8-9,12-13,19H2,1-5H3. The largest absolute Gasteiger partial charge is 0.444 e. The van der Waals surface area contributed by atoms with Crippen LogP contribution in [0.25, 0.3) is 39.4 Å². The average molecular weight is 633 g/mol. The smallest absolute Gasteiger partial charge is 0.410 e. The van der Waals surface area contributed by atoms with Crippen LogP contribution in [-0.2, 0) is 23.1 Å². The minimum absolute atomic E-state index is 0.216. The molecule has 12 nitrogen and oxygen atoms in total. The summed E-state index contributed by atoms with van der Waals surface area (Å²) in [7, 11) is 3.43. The van der Waals surface area contributed by atoms with Crippen molar-refractivity contribution in [1.29, 1.82) is 5.26 Å². The molecule has 1 saturated carbocycles. The molecule has 1 aliphatic carbocycles. The Morgan fingerprint density at radius 2 is 1.91 bits per heavy atom. The number of nitrogens with zero attached hydrogens (tertiary/aromatic N) is 8. The third-order valence-electron chi connectivity index (χ3n) is 7.88. The van der Waals surface area contributed by atoms with E-state index in [2.05, 4.69) is 27.3 Å². The number of methoxy groups -OCH3 is 1. The molecule has 1 amide bonds. The summed E-state index contributed by atoms with van der Waals surface area (Å²) in [5, 5.41) is 18.0. The molecule has 12 heteroatoms. The highest BCUT2D eigenvalue weighted by molar-refractivity contribution is 5.83. The maximum atomic E-state index is 14.1. The lowest BCUT2D eigenvalue weighted by Gasteiger charge is -2.27. The summed E-state index contributed by atoms with van der Waals surface area (Å²) in [5.74, 6) is 0.924. The molecule has 1 aliphatic rings. The lowest BCUT2D eigenvalue weighted by Crippen LogP contribution is -2.38. The number of ether oxygens (including phenoxy) is 2. The van der Waals surface area contributed by atoms with Gasteiger partial charge in [-0.1, -0.05) is 12.1 Å². The van der Waals surface area contributed by atoms with Gasteiger partial charge in [0, 0.05) is 50.3 Å². The van der Waals surface area contributed by atoms with Gasteiger partial charge < -0.3 is 18.9 Å². The number of rotatable bonds is 9. The van der Waals surface area contributed by atoms with Crippen molar-refractivity contribution in [3.63, 3.8) is 0 Å². The van der Waals surface area contributed by atoms with E-state index in [1.54, 1.807) is 53.5 Å². The van der Waals surface area contributed by atoms with Crippen molar-refractivity contribution in [2.45, 2.75) is 51.7 Å². The first-order chi connectivity index (χ1) is 22.5. The number of carbonyl (C=O) groups is 1. The summed E-state index contributed by atoms with van der Waals surface area (Å²) in [6.07, 6.45) is 6.46. The van der Waals surface area contributed by atoms with Gasteiger partial charge in [0.1, 0.15) is 17.6 Å². The molecule has 0 bridgehead atoms. The summed E-state index contributed by atoms with van der Waals surface area (Å²) < 4.78 is 14.1. The van der Waals surface area contributed by atoms with Gasteiger partial charge in [0.15, 0.2) is 5.82 Å². The van der Waals surface area contributed by atoms with Gasteiger partial charge in [-0.25, -0.2) is 9.78 Å². The van der Waals surface area contributed by atoms with Gasteiger partial charge in [-0.15, -0.1) is 10.2 Å². The molecule has 0 saturated heterocycles. The zero-order chi connectivity index (χ0) is 33.3. The number of fused-ring (bicyclic) bond motifs is 1. The Hall–Kier alpha value is -5.41. The molecule has 4 aromatic heterocycles. The molecule has 0 aliphatic heterocycles. The lowest BCUT2D eigenvalue weighted by molar-refractivity contribution is 0.0183. The second kappa shape index (κ2) is 12.8. The fraction of sp³-hybridized carbons (Fsp3) is 0.343. The number of carbonyl (C=O) groups excluding carboxylic acids is 1. The Kier molecular flexibility index (Phi) is 8.58. The van der Waals surface area contributed by atoms with Gasteiger partial charge in [-0.3, -0.25) is 14.2 Å². The molecule has 1 fully saturated rings. The fourth-order valence-electron chi connectivity index (χ4n) is 5.38. The molecule has 6 rings (SSSR count). The normalized spacial score (nSPS) is 13.0. The maximum absolute atomic E-state index is 14.1. The third kappa shape index (κ3) is 6.90. The highest BCUT2D eigenvalue weighted by atomic mass is 16.6. The molecule has 4 heterocycles.